The third-order valence-corrected chi connectivity index (χ3v) is 3.91. The second-order valence-electron chi connectivity index (χ2n) is 5.57. The van der Waals surface area contributed by atoms with Gasteiger partial charge in [-0.15, -0.1) is 0 Å². The molecule has 1 aromatic rings. The molecule has 1 aliphatic heterocycles. The Morgan fingerprint density at radius 2 is 2.00 bits per heavy atom. The van der Waals surface area contributed by atoms with E-state index in [9.17, 15) is 4.79 Å². The lowest BCUT2D eigenvalue weighted by Gasteiger charge is -2.21. The average Bonchev–Trinajstić information content (AvgIpc) is 3.00. The van der Waals surface area contributed by atoms with Crippen LogP contribution in [0.5, 0.6) is 0 Å². The van der Waals surface area contributed by atoms with E-state index in [-0.39, 0.29) is 17.3 Å². The molecule has 0 radical (unpaired) electrons. The number of allylic oxidation sites excluding steroid dienone is 1. The highest BCUT2D eigenvalue weighted by atomic mass is 16.1. The molecule has 0 spiro atoms. The summed E-state index contributed by atoms with van der Waals surface area (Å²) >= 11 is 0. The molecule has 21 heavy (non-hydrogen) atoms. The Morgan fingerprint density at radius 3 is 2.62 bits per heavy atom. The molecule has 1 atom stereocenters. The highest BCUT2D eigenvalue weighted by Crippen LogP contribution is 2.23. The first-order valence-electron chi connectivity index (χ1n) is 6.99. The zero-order valence-electron chi connectivity index (χ0n) is 12.3. The maximum Gasteiger partial charge on any atom is 0.294 e. The lowest BCUT2D eigenvalue weighted by atomic mass is 10.1. The largest absolute Gasteiger partial charge is 0.397 e. The van der Waals surface area contributed by atoms with Crippen LogP contribution >= 0.6 is 0 Å². The van der Waals surface area contributed by atoms with Crippen LogP contribution in [0.25, 0.3) is 0 Å². The van der Waals surface area contributed by atoms with Crippen molar-refractivity contribution in [2.45, 2.75) is 25.6 Å². The molecule has 0 fully saturated rings. The molecular weight excluding hydrogens is 268 g/mol. The lowest BCUT2D eigenvalue weighted by molar-refractivity contribution is 0.390. The Hall–Kier alpha value is -2.28. The molecule has 3 rings (SSSR count). The number of aromatic nitrogens is 2. The number of fused-ring (bicyclic) bond motifs is 1. The molecule has 1 unspecified atom stereocenters. The second kappa shape index (κ2) is 4.92. The number of anilines is 1. The number of hydrogen-bond donors (Lipinski definition) is 2. The zero-order valence-corrected chi connectivity index (χ0v) is 12.3. The van der Waals surface area contributed by atoms with Crippen LogP contribution in [-0.4, -0.2) is 40.1 Å². The van der Waals surface area contributed by atoms with Crippen LogP contribution in [0.15, 0.2) is 33.7 Å². The SMILES string of the molecule is CN(C)C1C=CC(=Nc2c(N)n3n(c2=O)CCC3)C(N)=C1. The molecule has 0 amide bonds. The van der Waals surface area contributed by atoms with Crippen molar-refractivity contribution in [2.24, 2.45) is 10.7 Å². The maximum atomic E-state index is 12.3. The summed E-state index contributed by atoms with van der Waals surface area (Å²) in [6.45, 7) is 1.45. The Balaban J connectivity index is 2.00. The summed E-state index contributed by atoms with van der Waals surface area (Å²) in [6, 6.07) is 0.140. The van der Waals surface area contributed by atoms with Crippen molar-refractivity contribution in [2.75, 3.05) is 19.8 Å². The van der Waals surface area contributed by atoms with Gasteiger partial charge in [-0.1, -0.05) is 6.08 Å². The van der Waals surface area contributed by atoms with Crippen LogP contribution in [0.1, 0.15) is 6.42 Å². The van der Waals surface area contributed by atoms with Crippen molar-refractivity contribution >= 4 is 17.2 Å². The van der Waals surface area contributed by atoms with Crippen molar-refractivity contribution in [3.8, 4) is 0 Å². The standard InChI is InChI=1S/C14H20N6O/c1-18(2)9-4-5-11(10(15)8-9)17-12-13(16)19-6-3-7-20(19)14(12)21/h4-5,8-9H,3,6-7,15-16H2,1-2H3. The van der Waals surface area contributed by atoms with E-state index in [0.717, 1.165) is 13.0 Å². The van der Waals surface area contributed by atoms with E-state index in [4.69, 9.17) is 11.5 Å². The maximum absolute atomic E-state index is 12.3. The van der Waals surface area contributed by atoms with Crippen molar-refractivity contribution in [1.29, 1.82) is 0 Å². The van der Waals surface area contributed by atoms with E-state index in [0.29, 0.717) is 23.8 Å². The lowest BCUT2D eigenvalue weighted by Crippen LogP contribution is -2.29. The number of nitrogens with zero attached hydrogens (tertiary/aromatic N) is 4. The summed E-state index contributed by atoms with van der Waals surface area (Å²) < 4.78 is 3.43. The average molecular weight is 288 g/mol. The van der Waals surface area contributed by atoms with Crippen LogP contribution in [-0.2, 0) is 13.1 Å². The summed E-state index contributed by atoms with van der Waals surface area (Å²) in [5.41, 5.74) is 13.4. The molecule has 0 aromatic carbocycles. The van der Waals surface area contributed by atoms with Crippen molar-refractivity contribution in [1.82, 2.24) is 14.3 Å². The molecule has 7 heteroatoms. The van der Waals surface area contributed by atoms with E-state index < -0.39 is 0 Å². The summed E-state index contributed by atoms with van der Waals surface area (Å²) in [7, 11) is 3.95. The van der Waals surface area contributed by atoms with Gasteiger partial charge in [0.15, 0.2) is 11.5 Å². The molecule has 4 N–H and O–H groups in total. The molecule has 0 saturated heterocycles. The summed E-state index contributed by atoms with van der Waals surface area (Å²) in [5, 5.41) is 0. The topological polar surface area (TPSA) is 94.6 Å². The predicted octanol–water partition coefficient (Wildman–Crippen LogP) is 0.0508. The first-order valence-corrected chi connectivity index (χ1v) is 6.99. The van der Waals surface area contributed by atoms with Gasteiger partial charge in [-0.2, -0.15) is 0 Å². The van der Waals surface area contributed by atoms with E-state index in [1.807, 2.05) is 37.2 Å². The number of rotatable bonds is 2. The van der Waals surface area contributed by atoms with Crippen LogP contribution < -0.4 is 17.0 Å². The van der Waals surface area contributed by atoms with Gasteiger partial charge in [0.25, 0.3) is 5.56 Å². The quantitative estimate of drug-likeness (QED) is 0.804. The molecule has 2 aliphatic rings. The monoisotopic (exact) mass is 288 g/mol. The predicted molar refractivity (Wildman–Crippen MR) is 83.7 cm³/mol. The summed E-state index contributed by atoms with van der Waals surface area (Å²) in [6.07, 6.45) is 6.68. The number of hydrogen-bond acceptors (Lipinski definition) is 5. The Labute approximate surface area is 122 Å². The fourth-order valence-electron chi connectivity index (χ4n) is 2.69. The van der Waals surface area contributed by atoms with Crippen LogP contribution in [0, 0.1) is 0 Å². The highest BCUT2D eigenvalue weighted by molar-refractivity contribution is 6.10. The van der Waals surface area contributed by atoms with E-state index in [2.05, 4.69) is 4.99 Å². The van der Waals surface area contributed by atoms with Gasteiger partial charge in [0.1, 0.15) is 0 Å². The zero-order chi connectivity index (χ0) is 15.1. The number of likely N-dealkylation sites (N-methyl/N-ethyl adjacent to an activating group) is 1. The molecular formula is C14H20N6O. The van der Waals surface area contributed by atoms with E-state index in [1.54, 1.807) is 9.36 Å². The van der Waals surface area contributed by atoms with Crippen molar-refractivity contribution in [3.63, 3.8) is 0 Å². The van der Waals surface area contributed by atoms with Crippen LogP contribution in [0.4, 0.5) is 11.5 Å². The minimum Gasteiger partial charge on any atom is -0.397 e. The second-order valence-corrected chi connectivity index (χ2v) is 5.57. The molecule has 112 valence electrons. The molecule has 7 nitrogen and oxygen atoms in total. The van der Waals surface area contributed by atoms with Gasteiger partial charge in [0, 0.05) is 19.1 Å². The number of aliphatic imine (C=N–C) groups is 1. The molecule has 2 heterocycles. The molecule has 1 aromatic heterocycles. The van der Waals surface area contributed by atoms with Crippen LogP contribution in [0.3, 0.4) is 0 Å². The number of nitrogen functional groups attached to an aromatic ring is 1. The van der Waals surface area contributed by atoms with Gasteiger partial charge >= 0.3 is 0 Å². The fraction of sp³-hybridized carbons (Fsp3) is 0.429. The van der Waals surface area contributed by atoms with E-state index in [1.165, 1.54) is 0 Å². The smallest absolute Gasteiger partial charge is 0.294 e. The van der Waals surface area contributed by atoms with Gasteiger partial charge in [-0.3, -0.25) is 14.4 Å². The minimum absolute atomic E-state index is 0.140. The Morgan fingerprint density at radius 1 is 1.29 bits per heavy atom. The molecule has 0 saturated carbocycles. The highest BCUT2D eigenvalue weighted by Gasteiger charge is 2.22. The van der Waals surface area contributed by atoms with E-state index >= 15 is 0 Å². The fourth-order valence-corrected chi connectivity index (χ4v) is 2.69. The van der Waals surface area contributed by atoms with Gasteiger partial charge in [-0.25, -0.2) is 9.67 Å². The van der Waals surface area contributed by atoms with Gasteiger partial charge in [0.05, 0.1) is 11.4 Å². The minimum atomic E-state index is -0.145. The third-order valence-electron chi connectivity index (χ3n) is 3.91. The first-order chi connectivity index (χ1) is 9.99. The normalized spacial score (nSPS) is 22.9. The summed E-state index contributed by atoms with van der Waals surface area (Å²) in [4.78, 5) is 18.7. The van der Waals surface area contributed by atoms with Gasteiger partial charge < -0.3 is 11.5 Å². The van der Waals surface area contributed by atoms with Crippen LogP contribution in [0.2, 0.25) is 0 Å². The molecule has 0 bridgehead atoms. The number of nitrogens with two attached hydrogens (primary N) is 2. The molecule has 1 aliphatic carbocycles. The Kier molecular flexibility index (Phi) is 3.21. The van der Waals surface area contributed by atoms with Crippen molar-refractivity contribution in [3.05, 3.63) is 34.3 Å². The Bertz CT molecular complexity index is 719. The third kappa shape index (κ3) is 2.19. The summed E-state index contributed by atoms with van der Waals surface area (Å²) in [5.74, 6) is 0.418. The first kappa shape index (κ1) is 13.7. The van der Waals surface area contributed by atoms with Gasteiger partial charge in [-0.05, 0) is 32.7 Å². The van der Waals surface area contributed by atoms with Crippen molar-refractivity contribution < 1.29 is 0 Å². The van der Waals surface area contributed by atoms with Gasteiger partial charge in [0.2, 0.25) is 0 Å².